The largest absolute Gasteiger partial charge is 0.354 e. The van der Waals surface area contributed by atoms with Gasteiger partial charge in [0.25, 0.3) is 0 Å². The molecule has 1 unspecified atom stereocenters. The van der Waals surface area contributed by atoms with Crippen molar-refractivity contribution in [2.75, 3.05) is 29.3 Å². The summed E-state index contributed by atoms with van der Waals surface area (Å²) in [5.41, 5.74) is 1.33. The summed E-state index contributed by atoms with van der Waals surface area (Å²) < 4.78 is 29.6. The Labute approximate surface area is 159 Å². The maximum atomic E-state index is 12.8. The van der Waals surface area contributed by atoms with Gasteiger partial charge < -0.3 is 4.90 Å². The second kappa shape index (κ2) is 7.90. The van der Waals surface area contributed by atoms with Crippen LogP contribution in [0.15, 0.2) is 36.5 Å². The number of anilines is 2. The highest BCUT2D eigenvalue weighted by molar-refractivity contribution is 7.90. The minimum atomic E-state index is -3.70. The molecule has 142 valence electrons. The molecule has 3 rings (SSSR count). The van der Waals surface area contributed by atoms with E-state index < -0.39 is 10.2 Å². The van der Waals surface area contributed by atoms with Gasteiger partial charge in [0.15, 0.2) is 0 Å². The number of hydrogen-bond acceptors (Lipinski definition) is 6. The van der Waals surface area contributed by atoms with Crippen molar-refractivity contribution in [3.05, 3.63) is 47.8 Å². The maximum Gasteiger partial charge on any atom is 0.303 e. The second-order valence-corrected chi connectivity index (χ2v) is 8.02. The second-order valence-electron chi connectivity index (χ2n) is 6.40. The van der Waals surface area contributed by atoms with Crippen LogP contribution in [0.3, 0.4) is 0 Å². The summed E-state index contributed by atoms with van der Waals surface area (Å²) in [4.78, 5) is 10.6. The molecule has 1 saturated heterocycles. The highest BCUT2D eigenvalue weighted by atomic mass is 32.2. The zero-order valence-corrected chi connectivity index (χ0v) is 16.1. The third kappa shape index (κ3) is 4.35. The Morgan fingerprint density at radius 3 is 2.74 bits per heavy atom. The smallest absolute Gasteiger partial charge is 0.303 e. The van der Waals surface area contributed by atoms with Gasteiger partial charge in [0.1, 0.15) is 17.7 Å². The van der Waals surface area contributed by atoms with Crippen LogP contribution in [-0.2, 0) is 16.6 Å². The predicted molar refractivity (Wildman–Crippen MR) is 103 cm³/mol. The molecule has 1 N–H and O–H groups in total. The van der Waals surface area contributed by atoms with Crippen LogP contribution in [0.5, 0.6) is 0 Å². The van der Waals surface area contributed by atoms with Crippen LogP contribution in [-0.4, -0.2) is 48.4 Å². The van der Waals surface area contributed by atoms with Crippen molar-refractivity contribution in [3.8, 4) is 6.07 Å². The first-order chi connectivity index (χ1) is 12.9. The molecule has 9 heteroatoms. The van der Waals surface area contributed by atoms with Crippen molar-refractivity contribution in [1.29, 1.82) is 5.26 Å². The Hall–Kier alpha value is -2.70. The Kier molecular flexibility index (Phi) is 5.58. The van der Waals surface area contributed by atoms with Crippen LogP contribution in [0.25, 0.3) is 0 Å². The summed E-state index contributed by atoms with van der Waals surface area (Å²) in [6.45, 7) is 5.21. The molecule has 0 saturated carbocycles. The molecular formula is C18H22N6O2S. The third-order valence-electron chi connectivity index (χ3n) is 4.48. The van der Waals surface area contributed by atoms with E-state index in [0.29, 0.717) is 31.0 Å². The highest BCUT2D eigenvalue weighted by Gasteiger charge is 2.33. The van der Waals surface area contributed by atoms with Crippen LogP contribution < -0.4 is 9.62 Å². The van der Waals surface area contributed by atoms with Crippen LogP contribution >= 0.6 is 0 Å². The fraction of sp³-hybridized carbons (Fsp3) is 0.389. The lowest BCUT2D eigenvalue weighted by Gasteiger charge is -2.39. The van der Waals surface area contributed by atoms with Crippen LogP contribution in [0.4, 0.5) is 11.6 Å². The van der Waals surface area contributed by atoms with Gasteiger partial charge in [-0.2, -0.15) is 18.0 Å². The summed E-state index contributed by atoms with van der Waals surface area (Å²) >= 11 is 0. The lowest BCUT2D eigenvalue weighted by molar-refractivity contribution is 0.308. The minimum absolute atomic E-state index is 0.233. The third-order valence-corrected chi connectivity index (χ3v) is 6.11. The molecule has 1 atom stereocenters. The molecule has 27 heavy (non-hydrogen) atoms. The molecular weight excluding hydrogens is 364 g/mol. The van der Waals surface area contributed by atoms with Gasteiger partial charge >= 0.3 is 10.2 Å². The number of piperazine rings is 1. The van der Waals surface area contributed by atoms with E-state index in [1.807, 2.05) is 30.9 Å². The maximum absolute atomic E-state index is 12.8. The number of rotatable bonds is 5. The number of aryl methyl sites for hydroxylation is 1. The van der Waals surface area contributed by atoms with Crippen molar-refractivity contribution in [1.82, 2.24) is 14.3 Å². The molecule has 0 aliphatic carbocycles. The first-order valence-corrected chi connectivity index (χ1v) is 10.2. The summed E-state index contributed by atoms with van der Waals surface area (Å²) in [5.74, 6) is 1.07. The van der Waals surface area contributed by atoms with E-state index in [9.17, 15) is 8.42 Å². The van der Waals surface area contributed by atoms with E-state index in [4.69, 9.17) is 5.26 Å². The van der Waals surface area contributed by atoms with Crippen LogP contribution in [0.1, 0.15) is 25.1 Å². The van der Waals surface area contributed by atoms with Crippen molar-refractivity contribution >= 4 is 21.8 Å². The quantitative estimate of drug-likeness (QED) is 0.840. The molecule has 1 aliphatic heterocycles. The van der Waals surface area contributed by atoms with Gasteiger partial charge in [-0.25, -0.2) is 9.97 Å². The van der Waals surface area contributed by atoms with Crippen molar-refractivity contribution in [2.45, 2.75) is 26.3 Å². The molecule has 8 nitrogen and oxygen atoms in total. The fourth-order valence-corrected chi connectivity index (χ4v) is 4.43. The SMILES string of the molecule is CCc1cccc(NS(=O)(=O)N2CCN(c3ccc(C#N)cn3)CC2C)n1. The fourth-order valence-electron chi connectivity index (χ4n) is 3.07. The molecule has 0 aromatic carbocycles. The minimum Gasteiger partial charge on any atom is -0.354 e. The van der Waals surface area contributed by atoms with Crippen molar-refractivity contribution in [2.24, 2.45) is 0 Å². The van der Waals surface area contributed by atoms with Gasteiger partial charge in [-0.05, 0) is 37.6 Å². The van der Waals surface area contributed by atoms with Gasteiger partial charge in [0, 0.05) is 37.6 Å². The molecule has 2 aromatic heterocycles. The van der Waals surface area contributed by atoms with E-state index in [-0.39, 0.29) is 6.04 Å². The highest BCUT2D eigenvalue weighted by Crippen LogP contribution is 2.20. The van der Waals surface area contributed by atoms with E-state index in [1.165, 1.54) is 10.5 Å². The molecule has 1 fully saturated rings. The summed E-state index contributed by atoms with van der Waals surface area (Å²) in [5, 5.41) is 8.87. The average molecular weight is 386 g/mol. The van der Waals surface area contributed by atoms with E-state index in [0.717, 1.165) is 17.9 Å². The molecule has 1 aliphatic rings. The number of aromatic nitrogens is 2. The van der Waals surface area contributed by atoms with E-state index in [1.54, 1.807) is 24.3 Å². The Morgan fingerprint density at radius 1 is 1.30 bits per heavy atom. The van der Waals surface area contributed by atoms with E-state index in [2.05, 4.69) is 14.7 Å². The normalized spacial score (nSPS) is 18.1. The lowest BCUT2D eigenvalue weighted by Crippen LogP contribution is -2.55. The molecule has 0 bridgehead atoms. The van der Waals surface area contributed by atoms with Gasteiger partial charge in [-0.3, -0.25) is 4.72 Å². The Bertz CT molecular complexity index is 939. The number of nitrogens with zero attached hydrogens (tertiary/aromatic N) is 5. The molecule has 2 aromatic rings. The van der Waals surface area contributed by atoms with Gasteiger partial charge in [-0.1, -0.05) is 13.0 Å². The first kappa shape index (κ1) is 19.1. The molecule has 0 amide bonds. The molecule has 3 heterocycles. The monoisotopic (exact) mass is 386 g/mol. The first-order valence-electron chi connectivity index (χ1n) is 8.79. The van der Waals surface area contributed by atoms with Crippen molar-refractivity contribution in [3.63, 3.8) is 0 Å². The number of nitrogens with one attached hydrogen (secondary N) is 1. The van der Waals surface area contributed by atoms with Crippen LogP contribution in [0.2, 0.25) is 0 Å². The molecule has 0 radical (unpaired) electrons. The van der Waals surface area contributed by atoms with Gasteiger partial charge in [0.05, 0.1) is 5.56 Å². The lowest BCUT2D eigenvalue weighted by atomic mass is 10.2. The average Bonchev–Trinajstić information content (AvgIpc) is 2.67. The zero-order chi connectivity index (χ0) is 19.4. The van der Waals surface area contributed by atoms with Crippen molar-refractivity contribution < 1.29 is 8.42 Å². The molecule has 0 spiro atoms. The number of pyridine rings is 2. The summed E-state index contributed by atoms with van der Waals surface area (Å²) in [6, 6.07) is 10.6. The number of hydrogen-bond donors (Lipinski definition) is 1. The van der Waals surface area contributed by atoms with Gasteiger partial charge in [-0.15, -0.1) is 0 Å². The Morgan fingerprint density at radius 2 is 2.11 bits per heavy atom. The van der Waals surface area contributed by atoms with Crippen LogP contribution in [0, 0.1) is 11.3 Å². The summed E-state index contributed by atoms with van der Waals surface area (Å²) in [7, 11) is -3.70. The topological polar surface area (TPSA) is 102 Å². The zero-order valence-electron chi connectivity index (χ0n) is 15.3. The van der Waals surface area contributed by atoms with E-state index >= 15 is 0 Å². The predicted octanol–water partition coefficient (Wildman–Crippen LogP) is 1.78. The Balaban J connectivity index is 1.70. The number of nitriles is 1. The summed E-state index contributed by atoms with van der Waals surface area (Å²) in [6.07, 6.45) is 2.26. The van der Waals surface area contributed by atoms with Gasteiger partial charge in [0.2, 0.25) is 0 Å². The standard InChI is InChI=1S/C18H22N6O2S/c1-3-16-5-4-6-17(21-16)22-27(25,26)24-10-9-23(13-14(24)2)18-8-7-15(11-19)12-20-18/h4-8,12,14H,3,9-10,13H2,1-2H3,(H,21,22).